The number of ether oxygens (including phenoxy) is 1. The Hall–Kier alpha value is -2.20. The first-order valence-electron chi connectivity index (χ1n) is 7.22. The van der Waals surface area contributed by atoms with E-state index in [-0.39, 0.29) is 6.61 Å². The summed E-state index contributed by atoms with van der Waals surface area (Å²) in [5.74, 6) is 0.330. The van der Waals surface area contributed by atoms with Crippen molar-refractivity contribution in [2.24, 2.45) is 7.05 Å². The van der Waals surface area contributed by atoms with Crippen LogP contribution in [0.1, 0.15) is 6.23 Å². The van der Waals surface area contributed by atoms with E-state index >= 15 is 0 Å². The van der Waals surface area contributed by atoms with E-state index in [4.69, 9.17) is 10.5 Å². The summed E-state index contributed by atoms with van der Waals surface area (Å²) in [6, 6.07) is 1.88. The Morgan fingerprint density at radius 1 is 1.30 bits per heavy atom. The molecule has 5 N–H and O–H groups in total. The van der Waals surface area contributed by atoms with Gasteiger partial charge in [-0.2, -0.15) is 0 Å². The monoisotopic (exact) mass is 319 g/mol. The second-order valence-electron chi connectivity index (χ2n) is 5.72. The molecule has 3 aromatic rings. The lowest BCUT2D eigenvalue weighted by Gasteiger charge is -2.19. The van der Waals surface area contributed by atoms with Crippen molar-refractivity contribution in [2.75, 3.05) is 12.3 Å². The third kappa shape index (κ3) is 1.81. The van der Waals surface area contributed by atoms with Crippen LogP contribution in [0.15, 0.2) is 18.6 Å². The van der Waals surface area contributed by atoms with Gasteiger partial charge in [0.2, 0.25) is 0 Å². The number of nitrogen functional groups attached to an aromatic ring is 1. The molecule has 0 spiro atoms. The number of aryl methyl sites for hydroxylation is 1. The molecule has 4 heterocycles. The quantitative estimate of drug-likeness (QED) is 0.482. The zero-order valence-electron chi connectivity index (χ0n) is 12.4. The van der Waals surface area contributed by atoms with Crippen LogP contribution in [-0.2, 0) is 11.8 Å². The number of aromatic nitrogens is 4. The fourth-order valence-corrected chi connectivity index (χ4v) is 3.28. The van der Waals surface area contributed by atoms with Gasteiger partial charge in [0.05, 0.1) is 12.0 Å². The molecule has 0 radical (unpaired) electrons. The van der Waals surface area contributed by atoms with E-state index in [1.807, 2.05) is 23.9 Å². The number of aliphatic hydroxyl groups is 3. The smallest absolute Gasteiger partial charge is 0.166 e. The van der Waals surface area contributed by atoms with Gasteiger partial charge in [0.15, 0.2) is 6.23 Å². The van der Waals surface area contributed by atoms with Crippen LogP contribution in [0.4, 0.5) is 5.82 Å². The maximum Gasteiger partial charge on any atom is 0.166 e. The number of fused-ring (bicyclic) bond motifs is 3. The maximum atomic E-state index is 10.4. The zero-order chi connectivity index (χ0) is 16.3. The number of hydrogen-bond donors (Lipinski definition) is 4. The fourth-order valence-electron chi connectivity index (χ4n) is 3.28. The molecule has 4 rings (SSSR count). The van der Waals surface area contributed by atoms with E-state index in [2.05, 4.69) is 9.97 Å². The van der Waals surface area contributed by atoms with Crippen LogP contribution in [0.2, 0.25) is 0 Å². The lowest BCUT2D eigenvalue weighted by molar-refractivity contribution is -0.0493. The van der Waals surface area contributed by atoms with Crippen LogP contribution >= 0.6 is 0 Å². The molecule has 0 saturated carbocycles. The lowest BCUT2D eigenvalue weighted by atomic mass is 10.1. The largest absolute Gasteiger partial charge is 0.394 e. The molecule has 1 aliphatic heterocycles. The van der Waals surface area contributed by atoms with Gasteiger partial charge in [0.1, 0.15) is 41.8 Å². The molecule has 1 aliphatic rings. The summed E-state index contributed by atoms with van der Waals surface area (Å²) in [6.45, 7) is -0.388. The van der Waals surface area contributed by atoms with Crippen molar-refractivity contribution >= 4 is 27.9 Å². The highest BCUT2D eigenvalue weighted by Crippen LogP contribution is 2.38. The Kier molecular flexibility index (Phi) is 3.07. The Labute approximate surface area is 130 Å². The van der Waals surface area contributed by atoms with E-state index < -0.39 is 24.5 Å². The number of nitrogens with two attached hydrogens (primary N) is 1. The average Bonchev–Trinajstić information content (AvgIpc) is 3.15. The fraction of sp³-hybridized carbons (Fsp3) is 0.429. The SMILES string of the molecule is Cn1ccc2c3c(N)ncnc3n([C@@H]3O[C@H](CO)[C@@H](O)[C@H]3O)c21. The molecule has 0 aromatic carbocycles. The third-order valence-corrected chi connectivity index (χ3v) is 4.39. The van der Waals surface area contributed by atoms with Gasteiger partial charge in [-0.05, 0) is 6.07 Å². The summed E-state index contributed by atoms with van der Waals surface area (Å²) in [4.78, 5) is 8.29. The molecule has 0 aliphatic carbocycles. The minimum atomic E-state index is -1.20. The summed E-state index contributed by atoms with van der Waals surface area (Å²) in [5.41, 5.74) is 7.24. The van der Waals surface area contributed by atoms with Crippen molar-refractivity contribution in [2.45, 2.75) is 24.5 Å². The van der Waals surface area contributed by atoms with Crippen molar-refractivity contribution in [3.63, 3.8) is 0 Å². The first-order chi connectivity index (χ1) is 11.0. The van der Waals surface area contributed by atoms with Gasteiger partial charge >= 0.3 is 0 Å². The molecule has 0 unspecified atom stereocenters. The van der Waals surface area contributed by atoms with E-state index in [9.17, 15) is 15.3 Å². The normalized spacial score (nSPS) is 28.2. The van der Waals surface area contributed by atoms with Crippen LogP contribution in [0.25, 0.3) is 22.1 Å². The number of hydrogen-bond acceptors (Lipinski definition) is 7. The lowest BCUT2D eigenvalue weighted by Crippen LogP contribution is -2.33. The molecule has 3 aromatic heterocycles. The molecule has 0 amide bonds. The van der Waals surface area contributed by atoms with Crippen LogP contribution in [0, 0.1) is 0 Å². The molecule has 9 nitrogen and oxygen atoms in total. The van der Waals surface area contributed by atoms with E-state index in [1.54, 1.807) is 4.57 Å². The minimum absolute atomic E-state index is 0.330. The summed E-state index contributed by atoms with van der Waals surface area (Å²) in [7, 11) is 1.85. The molecule has 23 heavy (non-hydrogen) atoms. The van der Waals surface area contributed by atoms with Crippen LogP contribution in [0.5, 0.6) is 0 Å². The highest BCUT2D eigenvalue weighted by atomic mass is 16.6. The van der Waals surface area contributed by atoms with Crippen molar-refractivity contribution in [3.8, 4) is 0 Å². The van der Waals surface area contributed by atoms with Crippen molar-refractivity contribution in [1.29, 1.82) is 0 Å². The number of aliphatic hydroxyl groups excluding tert-OH is 3. The topological polar surface area (TPSA) is 132 Å². The Bertz CT molecular complexity index is 888. The van der Waals surface area contributed by atoms with E-state index in [1.165, 1.54) is 6.33 Å². The first-order valence-corrected chi connectivity index (χ1v) is 7.22. The van der Waals surface area contributed by atoms with Gasteiger partial charge in [0, 0.05) is 18.6 Å². The Morgan fingerprint density at radius 3 is 2.78 bits per heavy atom. The van der Waals surface area contributed by atoms with Crippen LogP contribution in [-0.4, -0.2) is 59.3 Å². The van der Waals surface area contributed by atoms with E-state index in [0.717, 1.165) is 11.0 Å². The maximum absolute atomic E-state index is 10.4. The molecular weight excluding hydrogens is 302 g/mol. The Morgan fingerprint density at radius 2 is 2.09 bits per heavy atom. The zero-order valence-corrected chi connectivity index (χ0v) is 12.4. The summed E-state index contributed by atoms with van der Waals surface area (Å²) < 4.78 is 9.20. The predicted molar refractivity (Wildman–Crippen MR) is 81.4 cm³/mol. The second kappa shape index (κ2) is 4.90. The molecular formula is C14H17N5O4. The first kappa shape index (κ1) is 14.4. The number of nitrogens with zero attached hydrogens (tertiary/aromatic N) is 4. The molecule has 0 bridgehead atoms. The van der Waals surface area contributed by atoms with Gasteiger partial charge in [0.25, 0.3) is 0 Å². The van der Waals surface area contributed by atoms with Gasteiger partial charge in [-0.25, -0.2) is 9.97 Å². The predicted octanol–water partition coefficient (Wildman–Crippen LogP) is -0.883. The van der Waals surface area contributed by atoms with Crippen LogP contribution in [0.3, 0.4) is 0 Å². The summed E-state index contributed by atoms with van der Waals surface area (Å²) in [6.07, 6.45) is -0.927. The molecule has 1 fully saturated rings. The number of anilines is 1. The minimum Gasteiger partial charge on any atom is -0.394 e. The van der Waals surface area contributed by atoms with Crippen molar-refractivity contribution in [1.82, 2.24) is 19.1 Å². The van der Waals surface area contributed by atoms with E-state index in [0.29, 0.717) is 16.9 Å². The highest BCUT2D eigenvalue weighted by molar-refractivity contribution is 6.10. The van der Waals surface area contributed by atoms with Crippen molar-refractivity contribution in [3.05, 3.63) is 18.6 Å². The summed E-state index contributed by atoms with van der Waals surface area (Å²) >= 11 is 0. The second-order valence-corrected chi connectivity index (χ2v) is 5.72. The Balaban J connectivity index is 2.02. The average molecular weight is 319 g/mol. The molecule has 9 heteroatoms. The van der Waals surface area contributed by atoms with Gasteiger partial charge in [-0.15, -0.1) is 0 Å². The summed E-state index contributed by atoms with van der Waals surface area (Å²) in [5, 5.41) is 31.2. The standard InChI is InChI=1S/C14H17N5O4/c1-18-3-2-6-8-11(15)16-5-17-12(8)19(13(6)18)14-10(22)9(21)7(4-20)23-14/h2-3,5,7,9-10,14,20-22H,4H2,1H3,(H2,15,16,17)/t7-,9-,10-,14-/m1/s1. The third-order valence-electron chi connectivity index (χ3n) is 4.39. The van der Waals surface area contributed by atoms with Gasteiger partial charge in [-0.3, -0.25) is 4.57 Å². The molecule has 4 atom stereocenters. The van der Waals surface area contributed by atoms with Crippen molar-refractivity contribution < 1.29 is 20.1 Å². The van der Waals surface area contributed by atoms with Crippen LogP contribution < -0.4 is 5.73 Å². The highest BCUT2D eigenvalue weighted by Gasteiger charge is 2.44. The van der Waals surface area contributed by atoms with Gasteiger partial charge in [-0.1, -0.05) is 0 Å². The van der Waals surface area contributed by atoms with Gasteiger partial charge < -0.3 is 30.4 Å². The number of rotatable bonds is 2. The molecule has 1 saturated heterocycles. The molecule has 122 valence electrons.